The molecule has 0 aromatic heterocycles. The van der Waals surface area contributed by atoms with Gasteiger partial charge in [0.1, 0.15) is 11.4 Å². The minimum absolute atomic E-state index is 0.129. The fourth-order valence-corrected chi connectivity index (χ4v) is 1.40. The Balaban J connectivity index is 3.31. The van der Waals surface area contributed by atoms with Crippen LogP contribution in [0, 0.1) is 10.1 Å². The zero-order valence-corrected chi connectivity index (χ0v) is 9.15. The Kier molecular flexibility index (Phi) is 3.49. The molecule has 0 saturated carbocycles. The Labute approximate surface area is 88.9 Å². The number of rotatable bonds is 4. The first-order valence-corrected chi connectivity index (χ1v) is 4.78. The number of para-hydroxylation sites is 1. The van der Waals surface area contributed by atoms with Crippen LogP contribution >= 0.6 is 0 Å². The van der Waals surface area contributed by atoms with Gasteiger partial charge in [-0.1, -0.05) is 6.07 Å². The number of hydrogen-bond acceptors (Lipinski definition) is 4. The molecule has 0 unspecified atom stereocenters. The second-order valence-corrected chi connectivity index (χ2v) is 3.19. The number of hydrogen-bond donors (Lipinski definition) is 1. The van der Waals surface area contributed by atoms with E-state index < -0.39 is 0 Å². The molecule has 0 aliphatic heterocycles. The summed E-state index contributed by atoms with van der Waals surface area (Å²) >= 11 is 0. The van der Waals surface area contributed by atoms with E-state index in [1.807, 2.05) is 18.9 Å². The molecule has 1 aromatic carbocycles. The van der Waals surface area contributed by atoms with E-state index in [-0.39, 0.29) is 10.6 Å². The van der Waals surface area contributed by atoms with Gasteiger partial charge in [0.15, 0.2) is 0 Å². The molecule has 0 aliphatic carbocycles. The Morgan fingerprint density at radius 1 is 1.53 bits per heavy atom. The molecule has 0 heterocycles. The zero-order chi connectivity index (χ0) is 11.4. The molecule has 5 heteroatoms. The Hall–Kier alpha value is -1.78. The lowest BCUT2D eigenvalue weighted by atomic mass is 10.2. The lowest BCUT2D eigenvalue weighted by molar-refractivity contribution is -0.383. The standard InChI is InChI=1S/C10H15N3O2/c1-4-12(3)9-7-5-6-8(11-2)10(9)13(14)15/h5-7,11H,4H2,1-3H3. The third-order valence-corrected chi connectivity index (χ3v) is 2.35. The summed E-state index contributed by atoms with van der Waals surface area (Å²) in [5.74, 6) is 0. The van der Waals surface area contributed by atoms with Gasteiger partial charge >= 0.3 is 5.69 Å². The number of anilines is 2. The lowest BCUT2D eigenvalue weighted by Gasteiger charge is -2.17. The molecule has 1 aromatic rings. The van der Waals surface area contributed by atoms with Gasteiger partial charge < -0.3 is 10.2 Å². The fourth-order valence-electron chi connectivity index (χ4n) is 1.40. The summed E-state index contributed by atoms with van der Waals surface area (Å²) in [6, 6.07) is 5.26. The maximum atomic E-state index is 11.0. The van der Waals surface area contributed by atoms with Gasteiger partial charge in [-0.25, -0.2) is 0 Å². The van der Waals surface area contributed by atoms with Crippen molar-refractivity contribution in [1.29, 1.82) is 0 Å². The van der Waals surface area contributed by atoms with Crippen molar-refractivity contribution in [3.8, 4) is 0 Å². The maximum absolute atomic E-state index is 11.0. The van der Waals surface area contributed by atoms with Crippen LogP contribution in [0.1, 0.15) is 6.92 Å². The molecule has 0 spiro atoms. The van der Waals surface area contributed by atoms with Crippen LogP contribution in [0.2, 0.25) is 0 Å². The summed E-state index contributed by atoms with van der Waals surface area (Å²) in [6.07, 6.45) is 0. The predicted molar refractivity (Wildman–Crippen MR) is 61.6 cm³/mol. The van der Waals surface area contributed by atoms with E-state index >= 15 is 0 Å². The molecular formula is C10H15N3O2. The Bertz CT molecular complexity index is 366. The predicted octanol–water partition coefficient (Wildman–Crippen LogP) is 2.09. The van der Waals surface area contributed by atoms with E-state index in [9.17, 15) is 10.1 Å². The van der Waals surface area contributed by atoms with Crippen molar-refractivity contribution < 1.29 is 4.92 Å². The third kappa shape index (κ3) is 2.18. The van der Waals surface area contributed by atoms with Crippen molar-refractivity contribution in [3.05, 3.63) is 28.3 Å². The summed E-state index contributed by atoms with van der Waals surface area (Å²) in [4.78, 5) is 12.5. The van der Waals surface area contributed by atoms with Crippen molar-refractivity contribution in [1.82, 2.24) is 0 Å². The fraction of sp³-hybridized carbons (Fsp3) is 0.400. The van der Waals surface area contributed by atoms with Gasteiger partial charge in [-0.05, 0) is 19.1 Å². The Morgan fingerprint density at radius 3 is 2.67 bits per heavy atom. The first-order valence-electron chi connectivity index (χ1n) is 4.78. The molecule has 0 atom stereocenters. The molecule has 0 bridgehead atoms. The molecule has 1 N–H and O–H groups in total. The monoisotopic (exact) mass is 209 g/mol. The van der Waals surface area contributed by atoms with E-state index in [1.54, 1.807) is 25.2 Å². The molecule has 82 valence electrons. The molecule has 0 saturated heterocycles. The van der Waals surface area contributed by atoms with Crippen LogP contribution < -0.4 is 10.2 Å². The first-order chi connectivity index (χ1) is 7.11. The zero-order valence-electron chi connectivity index (χ0n) is 9.15. The van der Waals surface area contributed by atoms with Gasteiger partial charge in [-0.15, -0.1) is 0 Å². The van der Waals surface area contributed by atoms with Crippen LogP contribution in [-0.4, -0.2) is 25.6 Å². The number of nitrogens with zero attached hydrogens (tertiary/aromatic N) is 2. The molecule has 1 rings (SSSR count). The van der Waals surface area contributed by atoms with Crippen LogP contribution in [0.5, 0.6) is 0 Å². The van der Waals surface area contributed by atoms with E-state index in [0.717, 1.165) is 6.54 Å². The van der Waals surface area contributed by atoms with Crippen molar-refractivity contribution in [2.24, 2.45) is 0 Å². The number of nitrogens with one attached hydrogen (secondary N) is 1. The second kappa shape index (κ2) is 4.63. The van der Waals surface area contributed by atoms with E-state index in [0.29, 0.717) is 11.4 Å². The number of nitro groups is 1. The van der Waals surface area contributed by atoms with Gasteiger partial charge in [0.2, 0.25) is 0 Å². The van der Waals surface area contributed by atoms with Crippen LogP contribution in [-0.2, 0) is 0 Å². The highest BCUT2D eigenvalue weighted by Crippen LogP contribution is 2.34. The van der Waals surface area contributed by atoms with Gasteiger partial charge in [0.05, 0.1) is 4.92 Å². The molecule has 0 amide bonds. The Morgan fingerprint density at radius 2 is 2.20 bits per heavy atom. The highest BCUT2D eigenvalue weighted by Gasteiger charge is 2.20. The highest BCUT2D eigenvalue weighted by molar-refractivity contribution is 5.76. The summed E-state index contributed by atoms with van der Waals surface area (Å²) in [7, 11) is 3.51. The van der Waals surface area contributed by atoms with Gasteiger partial charge in [0, 0.05) is 20.6 Å². The van der Waals surface area contributed by atoms with Crippen LogP contribution in [0.4, 0.5) is 17.1 Å². The van der Waals surface area contributed by atoms with Crippen LogP contribution in [0.15, 0.2) is 18.2 Å². The molecular weight excluding hydrogens is 194 g/mol. The van der Waals surface area contributed by atoms with Crippen molar-refractivity contribution in [3.63, 3.8) is 0 Å². The van der Waals surface area contributed by atoms with E-state index in [1.165, 1.54) is 0 Å². The van der Waals surface area contributed by atoms with E-state index in [4.69, 9.17) is 0 Å². The number of benzene rings is 1. The molecule has 0 radical (unpaired) electrons. The van der Waals surface area contributed by atoms with Crippen molar-refractivity contribution in [2.75, 3.05) is 30.9 Å². The largest absolute Gasteiger partial charge is 0.382 e. The van der Waals surface area contributed by atoms with Gasteiger partial charge in [-0.2, -0.15) is 0 Å². The smallest absolute Gasteiger partial charge is 0.315 e. The third-order valence-electron chi connectivity index (χ3n) is 2.35. The first kappa shape index (κ1) is 11.3. The normalized spacial score (nSPS) is 9.80. The lowest BCUT2D eigenvalue weighted by Crippen LogP contribution is -2.17. The SMILES string of the molecule is CCN(C)c1cccc(NC)c1[N+](=O)[O-]. The topological polar surface area (TPSA) is 58.4 Å². The second-order valence-electron chi connectivity index (χ2n) is 3.19. The average molecular weight is 209 g/mol. The van der Waals surface area contributed by atoms with Crippen LogP contribution in [0.25, 0.3) is 0 Å². The number of nitro benzene ring substituents is 1. The average Bonchev–Trinajstić information content (AvgIpc) is 2.26. The molecule has 0 aliphatic rings. The molecule has 0 fully saturated rings. The van der Waals surface area contributed by atoms with Crippen molar-refractivity contribution in [2.45, 2.75) is 6.92 Å². The van der Waals surface area contributed by atoms with Gasteiger partial charge in [-0.3, -0.25) is 10.1 Å². The molecule has 15 heavy (non-hydrogen) atoms. The molecule has 5 nitrogen and oxygen atoms in total. The van der Waals surface area contributed by atoms with E-state index in [2.05, 4.69) is 5.32 Å². The minimum Gasteiger partial charge on any atom is -0.382 e. The summed E-state index contributed by atoms with van der Waals surface area (Å²) < 4.78 is 0. The quantitative estimate of drug-likeness (QED) is 0.609. The minimum atomic E-state index is -0.354. The van der Waals surface area contributed by atoms with Crippen molar-refractivity contribution >= 4 is 17.1 Å². The maximum Gasteiger partial charge on any atom is 0.315 e. The summed E-state index contributed by atoms with van der Waals surface area (Å²) in [6.45, 7) is 2.68. The van der Waals surface area contributed by atoms with Crippen LogP contribution in [0.3, 0.4) is 0 Å². The van der Waals surface area contributed by atoms with Gasteiger partial charge in [0.25, 0.3) is 0 Å². The summed E-state index contributed by atoms with van der Waals surface area (Å²) in [5.41, 5.74) is 1.30. The highest BCUT2D eigenvalue weighted by atomic mass is 16.6. The summed E-state index contributed by atoms with van der Waals surface area (Å²) in [5, 5.41) is 13.8.